The molecule has 1 aliphatic heterocycles. The van der Waals surface area contributed by atoms with Gasteiger partial charge in [-0.1, -0.05) is 49.3 Å². The molecule has 5 N–H and O–H groups in total. The predicted molar refractivity (Wildman–Crippen MR) is 181 cm³/mol. The van der Waals surface area contributed by atoms with Crippen LogP contribution < -0.4 is 26.0 Å². The molecule has 0 saturated carbocycles. The molecule has 49 heavy (non-hydrogen) atoms. The molecule has 2 aromatic carbocycles. The first-order chi connectivity index (χ1) is 23.5. The van der Waals surface area contributed by atoms with Gasteiger partial charge in [-0.3, -0.25) is 9.59 Å². The largest absolute Gasteiger partial charge is 0.495 e. The summed E-state index contributed by atoms with van der Waals surface area (Å²) in [6.45, 7) is 5.83. The van der Waals surface area contributed by atoms with E-state index in [-0.39, 0.29) is 30.2 Å². The number of carbonyl (C=O) groups excluding carboxylic acids is 2. The van der Waals surface area contributed by atoms with Crippen LogP contribution >= 0.6 is 0 Å². The summed E-state index contributed by atoms with van der Waals surface area (Å²) in [4.78, 5) is 49.5. The van der Waals surface area contributed by atoms with E-state index in [2.05, 4.69) is 43.4 Å². The molecular weight excluding hydrogens is 628 g/mol. The number of hydrogen-bond acceptors (Lipinski definition) is 10. The molecule has 2 aromatic heterocycles. The van der Waals surface area contributed by atoms with E-state index in [0.717, 1.165) is 37.1 Å². The Kier molecular flexibility index (Phi) is 9.49. The van der Waals surface area contributed by atoms with Gasteiger partial charge in [-0.05, 0) is 68.7 Å². The average molecular weight is 669 g/mol. The molecule has 0 radical (unpaired) electrons. The third kappa shape index (κ3) is 7.33. The fraction of sp³-hybridized carbons (Fsp3) is 0.371. The Morgan fingerprint density at radius 1 is 1.08 bits per heavy atom. The molecule has 0 unspecified atom stereocenters. The number of carbonyl (C=O) groups is 3. The van der Waals surface area contributed by atoms with Gasteiger partial charge in [0.15, 0.2) is 0 Å². The van der Waals surface area contributed by atoms with E-state index in [1.54, 1.807) is 24.4 Å². The summed E-state index contributed by atoms with van der Waals surface area (Å²) in [7, 11) is 3.61. The molecule has 4 aromatic rings. The molecule has 14 nitrogen and oxygen atoms in total. The van der Waals surface area contributed by atoms with Gasteiger partial charge in [-0.15, -0.1) is 0 Å². The van der Waals surface area contributed by atoms with Crippen LogP contribution in [0.1, 0.15) is 70.3 Å². The molecule has 14 heteroatoms. The molecule has 3 amide bonds. The maximum Gasteiger partial charge on any atom is 0.404 e. The number of fused-ring (bicyclic) bond motifs is 3. The summed E-state index contributed by atoms with van der Waals surface area (Å²) in [5, 5.41) is 25.1. The maximum atomic E-state index is 13.7. The Labute approximate surface area is 283 Å². The lowest BCUT2D eigenvalue weighted by Gasteiger charge is -2.30. The smallest absolute Gasteiger partial charge is 0.404 e. The fourth-order valence-electron chi connectivity index (χ4n) is 6.43. The molecule has 256 valence electrons. The van der Waals surface area contributed by atoms with Gasteiger partial charge in [0.05, 0.1) is 18.8 Å². The van der Waals surface area contributed by atoms with E-state index in [1.807, 2.05) is 44.2 Å². The summed E-state index contributed by atoms with van der Waals surface area (Å²) in [6, 6.07) is 13.7. The van der Waals surface area contributed by atoms with Crippen molar-refractivity contribution < 1.29 is 28.8 Å². The number of ether oxygens (including phenoxy) is 1. The lowest BCUT2D eigenvalue weighted by molar-refractivity contribution is 0.0892. The normalized spacial score (nSPS) is 16.1. The van der Waals surface area contributed by atoms with Gasteiger partial charge in [0, 0.05) is 35.3 Å². The van der Waals surface area contributed by atoms with E-state index in [4.69, 9.17) is 14.2 Å². The van der Waals surface area contributed by atoms with Crippen LogP contribution in [0.3, 0.4) is 0 Å². The number of carboxylic acid groups (broad SMARTS) is 1. The zero-order valence-electron chi connectivity index (χ0n) is 27.9. The minimum Gasteiger partial charge on any atom is -0.495 e. The summed E-state index contributed by atoms with van der Waals surface area (Å²) in [5.74, 6) is 0.0712. The quantitative estimate of drug-likeness (QED) is 0.163. The molecule has 1 atom stereocenters. The van der Waals surface area contributed by atoms with Crippen molar-refractivity contribution in [2.24, 2.45) is 0 Å². The second-order valence-electron chi connectivity index (χ2n) is 13.1. The monoisotopic (exact) mass is 668 g/mol. The number of anilines is 2. The van der Waals surface area contributed by atoms with Crippen LogP contribution in [0.25, 0.3) is 11.4 Å². The minimum atomic E-state index is -1.20. The van der Waals surface area contributed by atoms with Crippen molar-refractivity contribution in [2.45, 2.75) is 50.6 Å². The first kappa shape index (κ1) is 33.4. The van der Waals surface area contributed by atoms with Crippen LogP contribution in [0.4, 0.5) is 16.4 Å². The Bertz CT molecular complexity index is 1850. The standard InChI is InChI=1S/C35H40N8O6/c1-35(2)17-22-18-36-33(40-24-11-10-21(16-26(24)48-4)31(44)38-23-12-14-43(3)15-13-23)41-28(22)29-27(35)30(49-42-29)32(45)39-25(19-37-34(46)47)20-8-6-5-7-9-20/h5-11,16,18,23,25,37H,12-15,17,19H2,1-4H3,(H,38,44)(H,39,45)(H,46,47)(H,36,40,41)/t25-/m0/s1. The van der Waals surface area contributed by atoms with Crippen LogP contribution in [0.5, 0.6) is 5.75 Å². The molecule has 6 rings (SSSR count). The van der Waals surface area contributed by atoms with Crippen molar-refractivity contribution >= 4 is 29.5 Å². The van der Waals surface area contributed by atoms with E-state index < -0.39 is 23.5 Å². The SMILES string of the molecule is COc1cc(C(=O)NC2CCN(C)CC2)ccc1Nc1ncc2c(n1)-c1noc(C(=O)N[C@@H](CNC(=O)O)c3ccccc3)c1C(C)(C)C2. The highest BCUT2D eigenvalue weighted by atomic mass is 16.5. The van der Waals surface area contributed by atoms with E-state index >= 15 is 0 Å². The molecule has 1 fully saturated rings. The highest BCUT2D eigenvalue weighted by Crippen LogP contribution is 2.44. The van der Waals surface area contributed by atoms with E-state index in [0.29, 0.717) is 40.4 Å². The van der Waals surface area contributed by atoms with Crippen LogP contribution in [0, 0.1) is 0 Å². The number of benzene rings is 2. The van der Waals surface area contributed by atoms with Gasteiger partial charge >= 0.3 is 6.09 Å². The summed E-state index contributed by atoms with van der Waals surface area (Å²) in [6.07, 6.45) is 2.86. The summed E-state index contributed by atoms with van der Waals surface area (Å²) >= 11 is 0. The predicted octanol–water partition coefficient (Wildman–Crippen LogP) is 4.28. The third-order valence-electron chi connectivity index (χ3n) is 9.02. The van der Waals surface area contributed by atoms with Gasteiger partial charge < -0.3 is 40.5 Å². The average Bonchev–Trinajstić information content (AvgIpc) is 3.56. The number of nitrogens with zero attached hydrogens (tertiary/aromatic N) is 4. The third-order valence-corrected chi connectivity index (χ3v) is 9.02. The Hall–Kier alpha value is -5.50. The van der Waals surface area contributed by atoms with E-state index in [1.165, 1.54) is 7.11 Å². The number of aromatic nitrogens is 3. The molecule has 1 saturated heterocycles. The second-order valence-corrected chi connectivity index (χ2v) is 13.1. The van der Waals surface area contributed by atoms with Crippen molar-refractivity contribution in [2.75, 3.05) is 39.1 Å². The zero-order valence-corrected chi connectivity index (χ0v) is 27.9. The first-order valence-corrected chi connectivity index (χ1v) is 16.2. The number of amides is 3. The van der Waals surface area contributed by atoms with Crippen LogP contribution in [-0.4, -0.2) is 82.9 Å². The Morgan fingerprint density at radius 3 is 2.55 bits per heavy atom. The van der Waals surface area contributed by atoms with Crippen LogP contribution in [0.2, 0.25) is 0 Å². The van der Waals surface area contributed by atoms with Crippen LogP contribution in [0.15, 0.2) is 59.3 Å². The highest BCUT2D eigenvalue weighted by Gasteiger charge is 2.41. The minimum absolute atomic E-state index is 0.0332. The van der Waals surface area contributed by atoms with Gasteiger partial charge in [-0.25, -0.2) is 14.8 Å². The van der Waals surface area contributed by atoms with Crippen molar-refractivity contribution in [3.63, 3.8) is 0 Å². The van der Waals surface area contributed by atoms with Crippen molar-refractivity contribution in [1.82, 2.24) is 36.0 Å². The van der Waals surface area contributed by atoms with Crippen molar-refractivity contribution in [3.05, 3.63) is 82.7 Å². The molecule has 0 spiro atoms. The summed E-state index contributed by atoms with van der Waals surface area (Å²) in [5.41, 5.74) is 3.61. The van der Waals surface area contributed by atoms with Gasteiger partial charge in [0.25, 0.3) is 11.8 Å². The number of nitrogens with one attached hydrogen (secondary N) is 4. The number of piperidine rings is 1. The lowest BCUT2D eigenvalue weighted by Crippen LogP contribution is -2.43. The number of rotatable bonds is 10. The lowest BCUT2D eigenvalue weighted by atomic mass is 9.73. The number of likely N-dealkylation sites (tertiary alicyclic amines) is 1. The highest BCUT2D eigenvalue weighted by molar-refractivity contribution is 5.96. The van der Waals surface area contributed by atoms with E-state index in [9.17, 15) is 19.5 Å². The number of methoxy groups -OCH3 is 1. The maximum absolute atomic E-state index is 13.7. The fourth-order valence-corrected chi connectivity index (χ4v) is 6.43. The van der Waals surface area contributed by atoms with Crippen molar-refractivity contribution in [1.29, 1.82) is 0 Å². The molecule has 1 aliphatic carbocycles. The first-order valence-electron chi connectivity index (χ1n) is 16.2. The Balaban J connectivity index is 1.23. The number of hydrogen-bond donors (Lipinski definition) is 5. The molecular formula is C35H40N8O6. The summed E-state index contributed by atoms with van der Waals surface area (Å²) < 4.78 is 11.3. The molecule has 2 aliphatic rings. The van der Waals surface area contributed by atoms with Crippen LogP contribution in [-0.2, 0) is 11.8 Å². The Morgan fingerprint density at radius 2 is 1.84 bits per heavy atom. The molecule has 0 bridgehead atoms. The van der Waals surface area contributed by atoms with Crippen molar-refractivity contribution in [3.8, 4) is 17.1 Å². The van der Waals surface area contributed by atoms with Gasteiger partial charge in [-0.2, -0.15) is 0 Å². The van der Waals surface area contributed by atoms with Gasteiger partial charge in [0.1, 0.15) is 17.1 Å². The molecule has 3 heterocycles. The second kappa shape index (κ2) is 13.9. The van der Waals surface area contributed by atoms with Gasteiger partial charge in [0.2, 0.25) is 11.7 Å². The zero-order chi connectivity index (χ0) is 34.7. The topological polar surface area (TPSA) is 184 Å².